The van der Waals surface area contributed by atoms with Gasteiger partial charge in [0.05, 0.1) is 5.75 Å². The number of carbonyl (C=O) groups excluding carboxylic acids is 1. The number of thioether (sulfide) groups is 1. The molecule has 0 spiro atoms. The molecule has 1 heterocycles. The summed E-state index contributed by atoms with van der Waals surface area (Å²) in [7, 11) is 0. The van der Waals surface area contributed by atoms with Crippen molar-refractivity contribution in [2.75, 3.05) is 16.9 Å². The number of aryl methyl sites for hydroxylation is 3. The molecule has 1 aromatic carbocycles. The largest absolute Gasteiger partial charge is 0.336 e. The first-order valence-electron chi connectivity index (χ1n) is 6.13. The molecule has 0 atom stereocenters. The van der Waals surface area contributed by atoms with E-state index in [-0.39, 0.29) is 11.7 Å². The lowest BCUT2D eigenvalue weighted by atomic mass is 10.1. The van der Waals surface area contributed by atoms with E-state index in [1.807, 2.05) is 32.9 Å². The fourth-order valence-electron chi connectivity index (χ4n) is 2.02. The van der Waals surface area contributed by atoms with Gasteiger partial charge in [0, 0.05) is 5.69 Å². The number of hydrogen-bond donors (Lipinski definition) is 2. The van der Waals surface area contributed by atoms with Crippen LogP contribution in [0, 0.1) is 20.8 Å². The summed E-state index contributed by atoms with van der Waals surface area (Å²) < 4.78 is 1.29. The summed E-state index contributed by atoms with van der Waals surface area (Å²) in [6.07, 6.45) is 1.40. The third-order valence-electron chi connectivity index (χ3n) is 2.81. The second-order valence-electron chi connectivity index (χ2n) is 4.63. The van der Waals surface area contributed by atoms with Crippen LogP contribution in [0.15, 0.2) is 23.6 Å². The maximum Gasteiger partial charge on any atom is 0.234 e. The average Bonchev–Trinajstić information content (AvgIpc) is 2.77. The first kappa shape index (κ1) is 14.4. The van der Waals surface area contributed by atoms with Crippen LogP contribution in [0.1, 0.15) is 16.7 Å². The van der Waals surface area contributed by atoms with Gasteiger partial charge in [-0.2, -0.15) is 0 Å². The molecule has 0 saturated heterocycles. The van der Waals surface area contributed by atoms with E-state index >= 15 is 0 Å². The van der Waals surface area contributed by atoms with Gasteiger partial charge in [-0.05, 0) is 31.9 Å². The molecule has 0 saturated carbocycles. The molecule has 0 aliphatic rings. The highest BCUT2D eigenvalue weighted by molar-refractivity contribution is 7.99. The summed E-state index contributed by atoms with van der Waals surface area (Å²) in [6.45, 7) is 6.01. The predicted molar refractivity (Wildman–Crippen MR) is 80.2 cm³/mol. The Bertz CT molecular complexity index is 614. The van der Waals surface area contributed by atoms with E-state index in [4.69, 9.17) is 5.84 Å². The number of rotatable bonds is 4. The summed E-state index contributed by atoms with van der Waals surface area (Å²) in [5.74, 6) is 5.73. The van der Waals surface area contributed by atoms with Crippen LogP contribution in [0.5, 0.6) is 0 Å². The number of benzene rings is 1. The molecule has 2 rings (SSSR count). The van der Waals surface area contributed by atoms with Crippen LogP contribution in [0.3, 0.4) is 0 Å². The minimum absolute atomic E-state index is 0.0898. The number of amides is 1. The SMILES string of the molecule is Cc1cc(C)c(NC(=O)CSc2nncn2N)c(C)c1. The van der Waals surface area contributed by atoms with Gasteiger partial charge in [0.1, 0.15) is 6.33 Å². The molecule has 2 aromatic rings. The van der Waals surface area contributed by atoms with Crippen molar-refractivity contribution in [3.8, 4) is 0 Å². The number of hydrogen-bond acceptors (Lipinski definition) is 5. The quantitative estimate of drug-likeness (QED) is 0.661. The summed E-state index contributed by atoms with van der Waals surface area (Å²) >= 11 is 1.25. The molecule has 0 aliphatic heterocycles. The van der Waals surface area contributed by atoms with Crippen molar-refractivity contribution in [2.45, 2.75) is 25.9 Å². The van der Waals surface area contributed by atoms with Crippen molar-refractivity contribution in [1.29, 1.82) is 0 Å². The Morgan fingerprint density at radius 2 is 2.00 bits per heavy atom. The molecule has 0 bridgehead atoms. The molecule has 0 aliphatic carbocycles. The smallest absolute Gasteiger partial charge is 0.234 e. The Morgan fingerprint density at radius 3 is 2.55 bits per heavy atom. The standard InChI is InChI=1S/C13H17N5OS/c1-8-4-9(2)12(10(3)5-8)16-11(19)6-20-13-17-15-7-18(13)14/h4-5,7H,6,14H2,1-3H3,(H,16,19). The normalized spacial score (nSPS) is 10.6. The number of nitrogens with zero attached hydrogens (tertiary/aromatic N) is 3. The lowest BCUT2D eigenvalue weighted by Crippen LogP contribution is -2.17. The van der Waals surface area contributed by atoms with E-state index in [0.29, 0.717) is 5.16 Å². The highest BCUT2D eigenvalue weighted by Gasteiger charge is 2.10. The molecule has 0 unspecified atom stereocenters. The van der Waals surface area contributed by atoms with E-state index < -0.39 is 0 Å². The Balaban J connectivity index is 2.00. The van der Waals surface area contributed by atoms with Crippen LogP contribution < -0.4 is 11.2 Å². The fraction of sp³-hybridized carbons (Fsp3) is 0.308. The minimum atomic E-state index is -0.0898. The van der Waals surface area contributed by atoms with Gasteiger partial charge in [-0.1, -0.05) is 29.5 Å². The number of nitrogen functional groups attached to an aromatic ring is 1. The van der Waals surface area contributed by atoms with Gasteiger partial charge in [0.25, 0.3) is 0 Å². The first-order valence-corrected chi connectivity index (χ1v) is 7.11. The Morgan fingerprint density at radius 1 is 1.35 bits per heavy atom. The van der Waals surface area contributed by atoms with Crippen molar-refractivity contribution >= 4 is 23.4 Å². The molecule has 0 fully saturated rings. The van der Waals surface area contributed by atoms with Gasteiger partial charge in [-0.25, -0.2) is 4.68 Å². The lowest BCUT2D eigenvalue weighted by Gasteiger charge is -2.12. The van der Waals surface area contributed by atoms with Crippen molar-refractivity contribution < 1.29 is 4.79 Å². The summed E-state index contributed by atoms with van der Waals surface area (Å²) in [5.41, 5.74) is 4.17. The summed E-state index contributed by atoms with van der Waals surface area (Å²) in [5, 5.41) is 10.9. The van der Waals surface area contributed by atoms with E-state index in [2.05, 4.69) is 15.5 Å². The van der Waals surface area contributed by atoms with Crippen LogP contribution in [0.2, 0.25) is 0 Å². The molecule has 20 heavy (non-hydrogen) atoms. The van der Waals surface area contributed by atoms with Gasteiger partial charge < -0.3 is 11.2 Å². The van der Waals surface area contributed by atoms with Gasteiger partial charge in [-0.15, -0.1) is 10.2 Å². The first-order chi connectivity index (χ1) is 9.47. The number of carbonyl (C=O) groups is 1. The summed E-state index contributed by atoms with van der Waals surface area (Å²) in [4.78, 5) is 12.0. The van der Waals surface area contributed by atoms with E-state index in [1.54, 1.807) is 0 Å². The number of nitrogens with two attached hydrogens (primary N) is 1. The third kappa shape index (κ3) is 3.30. The van der Waals surface area contributed by atoms with Crippen molar-refractivity contribution in [3.63, 3.8) is 0 Å². The number of anilines is 1. The molecular weight excluding hydrogens is 274 g/mol. The summed E-state index contributed by atoms with van der Waals surface area (Å²) in [6, 6.07) is 4.10. The molecule has 1 aromatic heterocycles. The van der Waals surface area contributed by atoms with Crippen LogP contribution in [0.4, 0.5) is 5.69 Å². The Labute approximate surface area is 121 Å². The van der Waals surface area contributed by atoms with E-state index in [0.717, 1.165) is 16.8 Å². The maximum atomic E-state index is 12.0. The predicted octanol–water partition coefficient (Wildman–Crippen LogP) is 1.65. The van der Waals surface area contributed by atoms with Gasteiger partial charge >= 0.3 is 0 Å². The Hall–Kier alpha value is -2.02. The minimum Gasteiger partial charge on any atom is -0.336 e. The van der Waals surface area contributed by atoms with Crippen molar-refractivity contribution in [2.24, 2.45) is 0 Å². The zero-order valence-corrected chi connectivity index (χ0v) is 12.5. The second-order valence-corrected chi connectivity index (χ2v) is 5.57. The maximum absolute atomic E-state index is 12.0. The molecule has 6 nitrogen and oxygen atoms in total. The Kier molecular flexibility index (Phi) is 4.29. The molecule has 3 N–H and O–H groups in total. The molecule has 0 radical (unpaired) electrons. The zero-order valence-electron chi connectivity index (χ0n) is 11.7. The number of nitrogens with one attached hydrogen (secondary N) is 1. The average molecular weight is 291 g/mol. The van der Waals surface area contributed by atoms with Crippen molar-refractivity contribution in [3.05, 3.63) is 35.2 Å². The topological polar surface area (TPSA) is 85.8 Å². The molecule has 1 amide bonds. The number of aromatic nitrogens is 3. The van der Waals surface area contributed by atoms with Gasteiger partial charge in [-0.3, -0.25) is 4.79 Å². The second kappa shape index (κ2) is 5.96. The molecule has 106 valence electrons. The van der Waals surface area contributed by atoms with Crippen LogP contribution in [-0.2, 0) is 4.79 Å². The fourth-order valence-corrected chi connectivity index (χ4v) is 2.65. The third-order valence-corrected chi connectivity index (χ3v) is 3.77. The van der Waals surface area contributed by atoms with Gasteiger partial charge in [0.15, 0.2) is 0 Å². The molecule has 7 heteroatoms. The zero-order chi connectivity index (χ0) is 14.7. The highest BCUT2D eigenvalue weighted by atomic mass is 32.2. The van der Waals surface area contributed by atoms with E-state index in [9.17, 15) is 4.79 Å². The van der Waals surface area contributed by atoms with Crippen molar-refractivity contribution in [1.82, 2.24) is 14.9 Å². The monoisotopic (exact) mass is 291 g/mol. The van der Waals surface area contributed by atoms with Crippen LogP contribution >= 0.6 is 11.8 Å². The van der Waals surface area contributed by atoms with Crippen LogP contribution in [-0.4, -0.2) is 26.5 Å². The molecular formula is C13H17N5OS. The highest BCUT2D eigenvalue weighted by Crippen LogP contribution is 2.22. The van der Waals surface area contributed by atoms with Gasteiger partial charge in [0.2, 0.25) is 11.1 Å². The van der Waals surface area contributed by atoms with Crippen LogP contribution in [0.25, 0.3) is 0 Å². The lowest BCUT2D eigenvalue weighted by molar-refractivity contribution is -0.113. The van der Waals surface area contributed by atoms with E-state index in [1.165, 1.54) is 28.3 Å².